The predicted molar refractivity (Wildman–Crippen MR) is 113 cm³/mol. The molecule has 0 bridgehead atoms. The standard InChI is InChI=1S/C22H28F2N6O/c23-14-1-3-15(4-2-14)27-22(31)21-18-9-17(19(24)10-20(18)28-29-21)13-11-26-30(12-13)16-5-7-25-8-6-16/h1-4,11-12,16-21,25,28-29H,5-10H2,(H,27,31). The Labute approximate surface area is 179 Å². The summed E-state index contributed by atoms with van der Waals surface area (Å²) in [5.41, 5.74) is 7.60. The van der Waals surface area contributed by atoms with Gasteiger partial charge in [-0.3, -0.25) is 14.9 Å². The van der Waals surface area contributed by atoms with Crippen LogP contribution in [0.2, 0.25) is 0 Å². The first-order valence-corrected chi connectivity index (χ1v) is 11.0. The zero-order chi connectivity index (χ0) is 21.4. The summed E-state index contributed by atoms with van der Waals surface area (Å²) in [6.07, 6.45) is 5.76. The van der Waals surface area contributed by atoms with Gasteiger partial charge in [-0.25, -0.2) is 14.2 Å². The molecule has 2 aromatic rings. The molecule has 166 valence electrons. The lowest BCUT2D eigenvalue weighted by Crippen LogP contribution is -2.43. The quantitative estimate of drug-likeness (QED) is 0.598. The molecule has 3 heterocycles. The molecule has 2 saturated heterocycles. The first-order valence-electron chi connectivity index (χ1n) is 11.0. The molecule has 1 amide bonds. The lowest BCUT2D eigenvalue weighted by Gasteiger charge is -2.35. The van der Waals surface area contributed by atoms with Gasteiger partial charge in [0.1, 0.15) is 18.0 Å². The molecule has 4 N–H and O–H groups in total. The lowest BCUT2D eigenvalue weighted by atomic mass is 9.73. The molecule has 0 radical (unpaired) electrons. The Morgan fingerprint density at radius 1 is 1.13 bits per heavy atom. The molecule has 5 unspecified atom stereocenters. The third-order valence-electron chi connectivity index (χ3n) is 6.94. The molecule has 3 fully saturated rings. The van der Waals surface area contributed by atoms with Crippen LogP contribution in [0.1, 0.15) is 43.2 Å². The number of carbonyl (C=O) groups is 1. The second kappa shape index (κ2) is 8.64. The van der Waals surface area contributed by atoms with Crippen molar-refractivity contribution in [3.63, 3.8) is 0 Å². The van der Waals surface area contributed by atoms with Crippen molar-refractivity contribution in [3.05, 3.63) is 48.0 Å². The summed E-state index contributed by atoms with van der Waals surface area (Å²) < 4.78 is 30.2. The monoisotopic (exact) mass is 430 g/mol. The number of hydrogen-bond donors (Lipinski definition) is 4. The van der Waals surface area contributed by atoms with Crippen molar-refractivity contribution in [2.75, 3.05) is 18.4 Å². The third kappa shape index (κ3) is 4.22. The summed E-state index contributed by atoms with van der Waals surface area (Å²) in [4.78, 5) is 12.9. The van der Waals surface area contributed by atoms with Crippen molar-refractivity contribution >= 4 is 11.6 Å². The van der Waals surface area contributed by atoms with E-state index in [-0.39, 0.29) is 29.6 Å². The van der Waals surface area contributed by atoms with Crippen LogP contribution in [0.25, 0.3) is 0 Å². The first kappa shape index (κ1) is 20.5. The third-order valence-corrected chi connectivity index (χ3v) is 6.94. The highest BCUT2D eigenvalue weighted by atomic mass is 19.1. The Morgan fingerprint density at radius 2 is 1.90 bits per heavy atom. The van der Waals surface area contributed by atoms with Gasteiger partial charge in [-0.2, -0.15) is 5.10 Å². The van der Waals surface area contributed by atoms with Crippen molar-refractivity contribution in [3.8, 4) is 0 Å². The SMILES string of the molecule is O=C(Nc1ccc(F)cc1)C1NNC2CC(F)C(c3cnn(C4CCNCC4)c3)CC21. The van der Waals surface area contributed by atoms with E-state index in [4.69, 9.17) is 0 Å². The minimum atomic E-state index is -0.986. The van der Waals surface area contributed by atoms with Crippen LogP contribution in [-0.4, -0.2) is 47.0 Å². The minimum absolute atomic E-state index is 0.0420. The molecule has 2 aliphatic heterocycles. The van der Waals surface area contributed by atoms with Crippen LogP contribution in [0.3, 0.4) is 0 Å². The fourth-order valence-corrected chi connectivity index (χ4v) is 5.20. The Balaban J connectivity index is 1.28. The molecular formula is C22H28F2N6O. The highest BCUT2D eigenvalue weighted by Gasteiger charge is 2.47. The number of piperidine rings is 1. The summed E-state index contributed by atoms with van der Waals surface area (Å²) in [7, 11) is 0. The van der Waals surface area contributed by atoms with Crippen LogP contribution in [-0.2, 0) is 4.79 Å². The van der Waals surface area contributed by atoms with Gasteiger partial charge in [0.2, 0.25) is 5.91 Å². The molecular weight excluding hydrogens is 402 g/mol. The Bertz CT molecular complexity index is 913. The second-order valence-corrected chi connectivity index (χ2v) is 8.86. The van der Waals surface area contributed by atoms with E-state index in [1.165, 1.54) is 24.3 Å². The van der Waals surface area contributed by atoms with Gasteiger partial charge >= 0.3 is 0 Å². The van der Waals surface area contributed by atoms with Crippen molar-refractivity contribution in [2.24, 2.45) is 5.92 Å². The molecule has 31 heavy (non-hydrogen) atoms. The van der Waals surface area contributed by atoms with Gasteiger partial charge in [0.05, 0.1) is 12.2 Å². The second-order valence-electron chi connectivity index (χ2n) is 8.86. The largest absolute Gasteiger partial charge is 0.325 e. The average molecular weight is 431 g/mol. The molecule has 3 aliphatic rings. The van der Waals surface area contributed by atoms with Crippen LogP contribution in [0, 0.1) is 11.7 Å². The Kier molecular flexibility index (Phi) is 5.73. The van der Waals surface area contributed by atoms with Crippen molar-refractivity contribution in [1.29, 1.82) is 0 Å². The van der Waals surface area contributed by atoms with E-state index in [0.717, 1.165) is 31.5 Å². The lowest BCUT2D eigenvalue weighted by molar-refractivity contribution is -0.119. The Hall–Kier alpha value is -2.36. The molecule has 5 rings (SSSR count). The molecule has 1 aliphatic carbocycles. The number of hydrazine groups is 1. The molecule has 1 aromatic carbocycles. The number of hydrogen-bond acceptors (Lipinski definition) is 5. The van der Waals surface area contributed by atoms with Gasteiger partial charge in [-0.15, -0.1) is 0 Å². The maximum absolute atomic E-state index is 15.1. The summed E-state index contributed by atoms with van der Waals surface area (Å²) in [5.74, 6) is -0.875. The van der Waals surface area contributed by atoms with Crippen LogP contribution < -0.4 is 21.5 Å². The minimum Gasteiger partial charge on any atom is -0.325 e. The Morgan fingerprint density at radius 3 is 2.68 bits per heavy atom. The van der Waals surface area contributed by atoms with Gasteiger partial charge < -0.3 is 10.6 Å². The number of nitrogens with zero attached hydrogens (tertiary/aromatic N) is 2. The fraction of sp³-hybridized carbons (Fsp3) is 0.545. The zero-order valence-corrected chi connectivity index (χ0v) is 17.2. The predicted octanol–water partition coefficient (Wildman–Crippen LogP) is 2.26. The smallest absolute Gasteiger partial charge is 0.243 e. The number of aromatic nitrogens is 2. The first-order chi connectivity index (χ1) is 15.1. The van der Waals surface area contributed by atoms with E-state index in [0.29, 0.717) is 24.6 Å². The van der Waals surface area contributed by atoms with E-state index in [1.54, 1.807) is 6.20 Å². The van der Waals surface area contributed by atoms with E-state index in [2.05, 4.69) is 26.6 Å². The normalized spacial score (nSPS) is 31.4. The van der Waals surface area contributed by atoms with E-state index >= 15 is 4.39 Å². The number of carbonyl (C=O) groups excluding carboxylic acids is 1. The molecule has 1 aromatic heterocycles. The number of fused-ring (bicyclic) bond motifs is 1. The van der Waals surface area contributed by atoms with Gasteiger partial charge in [0.25, 0.3) is 0 Å². The molecule has 7 nitrogen and oxygen atoms in total. The number of benzene rings is 1. The maximum atomic E-state index is 15.1. The summed E-state index contributed by atoms with van der Waals surface area (Å²) >= 11 is 0. The average Bonchev–Trinajstić information content (AvgIpc) is 3.42. The van der Waals surface area contributed by atoms with Crippen molar-refractivity contribution < 1.29 is 13.6 Å². The van der Waals surface area contributed by atoms with Gasteiger partial charge in [-0.05, 0) is 68.6 Å². The topological polar surface area (TPSA) is 83.0 Å². The summed E-state index contributed by atoms with van der Waals surface area (Å²) in [6, 6.07) is 5.45. The van der Waals surface area contributed by atoms with Gasteiger partial charge in [0, 0.05) is 29.8 Å². The number of amides is 1. The van der Waals surface area contributed by atoms with Gasteiger partial charge in [0.15, 0.2) is 0 Å². The van der Waals surface area contributed by atoms with E-state index in [1.807, 2.05) is 10.9 Å². The number of alkyl halides is 1. The highest BCUT2D eigenvalue weighted by molar-refractivity contribution is 5.95. The van der Waals surface area contributed by atoms with Crippen LogP contribution in [0.15, 0.2) is 36.7 Å². The zero-order valence-electron chi connectivity index (χ0n) is 17.2. The molecule has 5 atom stereocenters. The van der Waals surface area contributed by atoms with Crippen molar-refractivity contribution in [2.45, 2.75) is 55.9 Å². The number of rotatable bonds is 4. The molecule has 0 spiro atoms. The van der Waals surface area contributed by atoms with Crippen LogP contribution in [0.5, 0.6) is 0 Å². The maximum Gasteiger partial charge on any atom is 0.243 e. The number of anilines is 1. The van der Waals surface area contributed by atoms with E-state index < -0.39 is 12.2 Å². The van der Waals surface area contributed by atoms with Crippen LogP contribution >= 0.6 is 0 Å². The van der Waals surface area contributed by atoms with Gasteiger partial charge in [-0.1, -0.05) is 0 Å². The number of halogens is 2. The van der Waals surface area contributed by atoms with Crippen LogP contribution in [0.4, 0.5) is 14.5 Å². The molecule has 9 heteroatoms. The highest BCUT2D eigenvalue weighted by Crippen LogP contribution is 2.41. The fourth-order valence-electron chi connectivity index (χ4n) is 5.20. The summed E-state index contributed by atoms with van der Waals surface area (Å²) in [5, 5.41) is 10.7. The summed E-state index contributed by atoms with van der Waals surface area (Å²) in [6.45, 7) is 1.95. The van der Waals surface area contributed by atoms with Crippen molar-refractivity contribution in [1.82, 2.24) is 25.9 Å². The number of nitrogens with one attached hydrogen (secondary N) is 4. The van der Waals surface area contributed by atoms with E-state index in [9.17, 15) is 9.18 Å². The molecule has 1 saturated carbocycles.